The molecule has 2 aromatic rings. The zero-order chi connectivity index (χ0) is 17.1. The van der Waals surface area contributed by atoms with Crippen molar-refractivity contribution in [2.45, 2.75) is 51.9 Å². The Balaban J connectivity index is 0.000000129. The van der Waals surface area contributed by atoms with Crippen LogP contribution in [0.4, 0.5) is 0 Å². The van der Waals surface area contributed by atoms with Crippen molar-refractivity contribution < 1.29 is 0 Å². The molecule has 0 amide bonds. The number of rotatable bonds is 1. The van der Waals surface area contributed by atoms with Crippen molar-refractivity contribution in [2.24, 2.45) is 5.92 Å². The number of hydrogen-bond donors (Lipinski definition) is 0. The molecule has 1 unspecified atom stereocenters. The molecular weight excluding hydrogens is 300 g/mol. The Morgan fingerprint density at radius 2 is 1.48 bits per heavy atom. The van der Waals surface area contributed by atoms with E-state index in [9.17, 15) is 0 Å². The van der Waals surface area contributed by atoms with Crippen LogP contribution in [-0.4, -0.2) is 0 Å². The number of benzene rings is 2. The minimum Gasteiger partial charge on any atom is -0.0664 e. The first-order valence-corrected chi connectivity index (χ1v) is 9.86. The first-order valence-electron chi connectivity index (χ1n) is 9.86. The van der Waals surface area contributed by atoms with E-state index in [2.05, 4.69) is 67.6 Å². The molecule has 25 heavy (non-hydrogen) atoms. The predicted molar refractivity (Wildman–Crippen MR) is 108 cm³/mol. The summed E-state index contributed by atoms with van der Waals surface area (Å²) in [5.41, 5.74) is 9.52. The van der Waals surface area contributed by atoms with Crippen LogP contribution in [-0.2, 0) is 6.42 Å². The fraction of sp³-hybridized carbons (Fsp3) is 0.360. The van der Waals surface area contributed by atoms with E-state index >= 15 is 0 Å². The van der Waals surface area contributed by atoms with Crippen LogP contribution in [0.1, 0.15) is 62.1 Å². The van der Waals surface area contributed by atoms with Gasteiger partial charge in [0.1, 0.15) is 0 Å². The Morgan fingerprint density at radius 1 is 0.800 bits per heavy atom. The molecule has 2 saturated carbocycles. The normalized spacial score (nSPS) is 22.6. The van der Waals surface area contributed by atoms with Crippen molar-refractivity contribution in [1.29, 1.82) is 0 Å². The van der Waals surface area contributed by atoms with Gasteiger partial charge in [0, 0.05) is 0 Å². The maximum atomic E-state index is 2.31. The number of hydrogen-bond acceptors (Lipinski definition) is 0. The molecule has 3 aliphatic carbocycles. The molecule has 0 heteroatoms. The topological polar surface area (TPSA) is 0 Å². The Kier molecular flexibility index (Phi) is 4.88. The predicted octanol–water partition coefficient (Wildman–Crippen LogP) is 7.07. The van der Waals surface area contributed by atoms with Crippen LogP contribution in [0.5, 0.6) is 0 Å². The summed E-state index contributed by atoms with van der Waals surface area (Å²) in [6.07, 6.45) is 11.7. The van der Waals surface area contributed by atoms with Crippen LogP contribution in [0.2, 0.25) is 0 Å². The van der Waals surface area contributed by atoms with Crippen LogP contribution in [0, 0.1) is 5.92 Å². The van der Waals surface area contributed by atoms with Gasteiger partial charge in [0.15, 0.2) is 0 Å². The second-order valence-electron chi connectivity index (χ2n) is 7.68. The molecule has 0 radical (unpaired) electrons. The quantitative estimate of drug-likeness (QED) is 0.525. The largest absolute Gasteiger partial charge is 0.0664 e. The first-order chi connectivity index (χ1) is 12.3. The Hall–Kier alpha value is -2.08. The van der Waals surface area contributed by atoms with Crippen molar-refractivity contribution in [1.82, 2.24) is 0 Å². The summed E-state index contributed by atoms with van der Waals surface area (Å²) in [5.74, 6) is 0.843. The van der Waals surface area contributed by atoms with Gasteiger partial charge >= 0.3 is 0 Å². The zero-order valence-electron chi connectivity index (χ0n) is 15.3. The minimum absolute atomic E-state index is 0.843. The third kappa shape index (κ3) is 3.95. The van der Waals surface area contributed by atoms with Crippen molar-refractivity contribution in [3.8, 4) is 0 Å². The fourth-order valence-electron chi connectivity index (χ4n) is 4.16. The lowest BCUT2D eigenvalue weighted by molar-refractivity contribution is 0.886. The van der Waals surface area contributed by atoms with E-state index in [4.69, 9.17) is 0 Å². The Labute approximate surface area is 152 Å². The molecule has 3 aliphatic rings. The molecule has 0 saturated heterocycles. The van der Waals surface area contributed by atoms with Crippen molar-refractivity contribution in [2.75, 3.05) is 0 Å². The van der Waals surface area contributed by atoms with Crippen molar-refractivity contribution >= 4 is 11.6 Å². The summed E-state index contributed by atoms with van der Waals surface area (Å²) in [5, 5.41) is 0. The summed E-state index contributed by atoms with van der Waals surface area (Å²) in [7, 11) is 0. The molecule has 5 rings (SSSR count). The molecule has 0 aliphatic heterocycles. The summed E-state index contributed by atoms with van der Waals surface area (Å²) in [6, 6.07) is 19.5. The van der Waals surface area contributed by atoms with Crippen molar-refractivity contribution in [3.63, 3.8) is 0 Å². The summed E-state index contributed by atoms with van der Waals surface area (Å²) >= 11 is 0. The maximum Gasteiger partial charge on any atom is -0.0191 e. The third-order valence-corrected chi connectivity index (χ3v) is 5.79. The molecule has 0 heterocycles. The highest BCUT2D eigenvalue weighted by molar-refractivity contribution is 5.75. The van der Waals surface area contributed by atoms with E-state index in [1.807, 2.05) is 0 Å². The van der Waals surface area contributed by atoms with E-state index in [-0.39, 0.29) is 0 Å². The second kappa shape index (κ2) is 7.44. The maximum absolute atomic E-state index is 2.31. The molecule has 0 N–H and O–H groups in total. The van der Waals surface area contributed by atoms with E-state index < -0.39 is 0 Å². The van der Waals surface area contributed by atoms with Gasteiger partial charge in [-0.15, -0.1) is 0 Å². The highest BCUT2D eigenvalue weighted by atomic mass is 14.3. The van der Waals surface area contributed by atoms with Crippen LogP contribution in [0.3, 0.4) is 0 Å². The van der Waals surface area contributed by atoms with Gasteiger partial charge in [-0.25, -0.2) is 0 Å². The summed E-state index contributed by atoms with van der Waals surface area (Å²) in [6.45, 7) is 2.27. The molecule has 0 aromatic heterocycles. The van der Waals surface area contributed by atoms with Gasteiger partial charge < -0.3 is 0 Å². The Morgan fingerprint density at radius 3 is 2.20 bits per heavy atom. The highest BCUT2D eigenvalue weighted by Gasteiger charge is 2.23. The lowest BCUT2D eigenvalue weighted by atomic mass is 10.0. The van der Waals surface area contributed by atoms with E-state index in [0.717, 1.165) is 5.92 Å². The first kappa shape index (κ1) is 16.4. The van der Waals surface area contributed by atoms with Crippen LogP contribution in [0.25, 0.3) is 11.6 Å². The molecule has 2 aromatic carbocycles. The highest BCUT2D eigenvalue weighted by Crippen LogP contribution is 2.40. The molecule has 2 fully saturated rings. The van der Waals surface area contributed by atoms with Gasteiger partial charge in [0.05, 0.1) is 0 Å². The van der Waals surface area contributed by atoms with E-state index in [1.165, 1.54) is 50.5 Å². The van der Waals surface area contributed by atoms with Crippen molar-refractivity contribution in [3.05, 3.63) is 82.4 Å². The van der Waals surface area contributed by atoms with Gasteiger partial charge in [-0.2, -0.15) is 0 Å². The average molecular weight is 328 g/mol. The summed E-state index contributed by atoms with van der Waals surface area (Å²) < 4.78 is 0. The molecule has 128 valence electrons. The van der Waals surface area contributed by atoms with Crippen LogP contribution >= 0.6 is 0 Å². The Bertz CT molecular complexity index is 784. The van der Waals surface area contributed by atoms with Gasteiger partial charge in [0.25, 0.3) is 0 Å². The number of fused-ring (bicyclic) bond motifs is 1. The second-order valence-corrected chi connectivity index (χ2v) is 7.68. The van der Waals surface area contributed by atoms with E-state index in [0.29, 0.717) is 0 Å². The van der Waals surface area contributed by atoms with Crippen LogP contribution < -0.4 is 0 Å². The molecule has 0 bridgehead atoms. The SMILES string of the molecule is CC1CC1=Cc1ccccc1.c1ccc2c(c1)CCC2=C1CCCC1. The monoisotopic (exact) mass is 328 g/mol. The number of aryl methyl sites for hydroxylation is 1. The minimum atomic E-state index is 0.843. The average Bonchev–Trinajstić information content (AvgIpc) is 3.08. The molecular formula is C25H28. The molecule has 1 atom stereocenters. The van der Waals surface area contributed by atoms with Gasteiger partial charge in [-0.1, -0.05) is 78.7 Å². The number of allylic oxidation sites excluding steroid dienone is 3. The lowest BCUT2D eigenvalue weighted by Gasteiger charge is -2.05. The fourth-order valence-corrected chi connectivity index (χ4v) is 4.16. The lowest BCUT2D eigenvalue weighted by Crippen LogP contribution is -1.83. The molecule has 0 nitrogen and oxygen atoms in total. The molecule has 0 spiro atoms. The third-order valence-electron chi connectivity index (χ3n) is 5.79. The van der Waals surface area contributed by atoms with E-state index in [1.54, 1.807) is 27.8 Å². The standard InChI is InChI=1S/C14H16.C11H12/c1-2-6-11(5-1)14-10-9-12-7-3-4-8-13(12)14;1-9-7-11(9)8-10-5-3-2-4-6-10/h3-4,7-8H,1-2,5-6,9-10H2;2-6,8-9H,7H2,1H3. The summed E-state index contributed by atoms with van der Waals surface area (Å²) in [4.78, 5) is 0. The van der Waals surface area contributed by atoms with Gasteiger partial charge in [-0.05, 0) is 73.1 Å². The smallest absolute Gasteiger partial charge is 0.0191 e. The van der Waals surface area contributed by atoms with Crippen LogP contribution in [0.15, 0.2) is 65.7 Å². The zero-order valence-corrected chi connectivity index (χ0v) is 15.3. The van der Waals surface area contributed by atoms with Gasteiger partial charge in [-0.3, -0.25) is 0 Å². The van der Waals surface area contributed by atoms with Gasteiger partial charge in [0.2, 0.25) is 0 Å².